The molecule has 17 N–H and O–H groups in total. The Labute approximate surface area is 351 Å². The van der Waals surface area contributed by atoms with Crippen LogP contribution in [0.2, 0.25) is 0 Å². The van der Waals surface area contributed by atoms with Crippen LogP contribution in [-0.4, -0.2) is 275 Å². The summed E-state index contributed by atoms with van der Waals surface area (Å²) in [6.07, 6.45) is -41.2. The van der Waals surface area contributed by atoms with Gasteiger partial charge in [-0.25, -0.2) is 0 Å². The molecule has 5 aliphatic heterocycles. The fourth-order valence-corrected chi connectivity index (χ4v) is 7.73. The lowest BCUT2D eigenvalue weighted by Gasteiger charge is -2.49. The van der Waals surface area contributed by atoms with E-state index in [1.165, 1.54) is 0 Å². The number of ether oxygens (including phenoxy) is 9. The normalized spacial score (nSPS) is 49.0. The summed E-state index contributed by atoms with van der Waals surface area (Å²) >= 11 is 0. The average Bonchev–Trinajstić information content (AvgIpc) is 3.23. The zero-order chi connectivity index (χ0) is 45.9. The standard InChI is InChI=1S/C34H58N2O26/c1-8(41)35-15-20(46)27(60-33-24(50)22(48)17(43)10(3-37)56-33)12(5-39)58-31(15)54-7-14-19(45)29(26(52)30(53)55-14)62-32-16(36-9(2)42)21(47)28(13(6-40)59-32)61-34-25(51)23(49)18(44)11(4-38)57-34/h10-34,37-40,43-53H,3-7H2,1-2H3,(H,35,41)(H,36,42)/t10-,11-,12-,13-,14-,15-,16-,17+,18+,19+,20-,21-,22+,23+,24-,25-,26-,27-,28-,29+,30?,31-,32+,33+,34+/m1/s1. The van der Waals surface area contributed by atoms with Crippen LogP contribution in [-0.2, 0) is 52.2 Å². The van der Waals surface area contributed by atoms with Crippen LogP contribution in [0.25, 0.3) is 0 Å². The zero-order valence-corrected chi connectivity index (χ0v) is 33.2. The molecule has 0 aliphatic carbocycles. The third-order valence-electron chi connectivity index (χ3n) is 11.1. The van der Waals surface area contributed by atoms with Crippen molar-refractivity contribution in [1.82, 2.24) is 10.6 Å². The molecule has 360 valence electrons. The van der Waals surface area contributed by atoms with Crippen molar-refractivity contribution < 1.29 is 129 Å². The van der Waals surface area contributed by atoms with E-state index in [4.69, 9.17) is 42.6 Å². The Balaban J connectivity index is 1.30. The second-order valence-corrected chi connectivity index (χ2v) is 15.5. The van der Waals surface area contributed by atoms with E-state index in [1.807, 2.05) is 0 Å². The molecule has 2 amide bonds. The van der Waals surface area contributed by atoms with Gasteiger partial charge in [-0.15, -0.1) is 0 Å². The van der Waals surface area contributed by atoms with Crippen LogP contribution >= 0.6 is 0 Å². The minimum absolute atomic E-state index is 0.744. The second-order valence-electron chi connectivity index (χ2n) is 15.5. The van der Waals surface area contributed by atoms with Gasteiger partial charge in [0.2, 0.25) is 11.8 Å². The summed E-state index contributed by atoms with van der Waals surface area (Å²) < 4.78 is 50.5. The van der Waals surface area contributed by atoms with Crippen LogP contribution in [0.3, 0.4) is 0 Å². The molecule has 5 fully saturated rings. The summed E-state index contributed by atoms with van der Waals surface area (Å²) in [5.41, 5.74) is 0. The SMILES string of the molecule is CC(=O)N[C@H]1[C@H](OC[C@H]2OC(O)[C@H](O)[C@@H](O[C@@H]3O[C@H](CO)[C@@H](O[C@@H]4O[C@H](CO)[C@H](O)[C@H](O)[C@H]4O)[C@H](O)[C@H]3NC(C)=O)[C@H]2O)O[C@H](CO)[C@@H](O[C@@H]2O[C@H](CO)[C@H](O)[C@H](O)[C@H]2O)[C@@H]1O. The summed E-state index contributed by atoms with van der Waals surface area (Å²) in [6, 6.07) is -3.22. The predicted octanol–water partition coefficient (Wildman–Crippen LogP) is -11.6. The van der Waals surface area contributed by atoms with Crippen LogP contribution < -0.4 is 10.6 Å². The lowest BCUT2D eigenvalue weighted by atomic mass is 9.94. The Kier molecular flexibility index (Phi) is 18.1. The number of carbonyl (C=O) groups excluding carboxylic acids is 2. The van der Waals surface area contributed by atoms with Crippen molar-refractivity contribution in [3.05, 3.63) is 0 Å². The van der Waals surface area contributed by atoms with Crippen LogP contribution in [0.15, 0.2) is 0 Å². The lowest BCUT2D eigenvalue weighted by molar-refractivity contribution is -0.369. The van der Waals surface area contributed by atoms with Gasteiger partial charge in [-0.05, 0) is 0 Å². The van der Waals surface area contributed by atoms with Gasteiger partial charge in [0, 0.05) is 13.8 Å². The van der Waals surface area contributed by atoms with E-state index in [0.717, 1.165) is 13.8 Å². The quantitative estimate of drug-likeness (QED) is 0.0725. The van der Waals surface area contributed by atoms with Gasteiger partial charge in [0.05, 0.1) is 33.0 Å². The summed E-state index contributed by atoms with van der Waals surface area (Å²) in [7, 11) is 0. The summed E-state index contributed by atoms with van der Waals surface area (Å²) in [5.74, 6) is -1.53. The van der Waals surface area contributed by atoms with Gasteiger partial charge in [0.15, 0.2) is 31.5 Å². The molecule has 5 rings (SSSR count). The van der Waals surface area contributed by atoms with E-state index in [2.05, 4.69) is 10.6 Å². The van der Waals surface area contributed by atoms with Crippen molar-refractivity contribution >= 4 is 11.8 Å². The number of carbonyl (C=O) groups is 2. The first-order valence-electron chi connectivity index (χ1n) is 19.6. The fourth-order valence-electron chi connectivity index (χ4n) is 7.73. The molecule has 0 aromatic rings. The first-order chi connectivity index (χ1) is 29.3. The van der Waals surface area contributed by atoms with E-state index >= 15 is 0 Å². The van der Waals surface area contributed by atoms with Crippen LogP contribution in [0.5, 0.6) is 0 Å². The van der Waals surface area contributed by atoms with Crippen molar-refractivity contribution in [2.75, 3.05) is 33.0 Å². The molecule has 0 radical (unpaired) electrons. The Morgan fingerprint density at radius 2 is 0.806 bits per heavy atom. The first-order valence-corrected chi connectivity index (χ1v) is 19.6. The Bertz CT molecular complexity index is 1440. The van der Waals surface area contributed by atoms with Crippen molar-refractivity contribution in [1.29, 1.82) is 0 Å². The zero-order valence-electron chi connectivity index (χ0n) is 33.2. The van der Waals surface area contributed by atoms with E-state index in [-0.39, 0.29) is 0 Å². The number of nitrogens with one attached hydrogen (secondary N) is 2. The molecular weight excluding hydrogens is 852 g/mol. The Morgan fingerprint density at radius 1 is 0.419 bits per heavy atom. The van der Waals surface area contributed by atoms with Crippen molar-refractivity contribution in [3.8, 4) is 0 Å². The van der Waals surface area contributed by atoms with Gasteiger partial charge in [-0.2, -0.15) is 0 Å². The van der Waals surface area contributed by atoms with E-state index in [1.54, 1.807) is 0 Å². The van der Waals surface area contributed by atoms with Gasteiger partial charge in [-0.1, -0.05) is 0 Å². The molecule has 28 nitrogen and oxygen atoms in total. The number of hydrogen-bond acceptors (Lipinski definition) is 26. The molecule has 5 saturated heterocycles. The molecule has 25 atom stereocenters. The van der Waals surface area contributed by atoms with E-state index in [0.29, 0.717) is 0 Å². The maximum absolute atomic E-state index is 12.3. The summed E-state index contributed by atoms with van der Waals surface area (Å²) in [5, 5.41) is 162. The summed E-state index contributed by atoms with van der Waals surface area (Å²) in [6.45, 7) is -2.17. The van der Waals surface area contributed by atoms with Crippen molar-refractivity contribution in [2.45, 2.75) is 167 Å². The van der Waals surface area contributed by atoms with Crippen LogP contribution in [0.4, 0.5) is 0 Å². The topological polar surface area (TPSA) is 445 Å². The monoisotopic (exact) mass is 910 g/mol. The number of hydrogen-bond donors (Lipinski definition) is 17. The molecule has 1 unspecified atom stereocenters. The molecule has 28 heteroatoms. The van der Waals surface area contributed by atoms with Gasteiger partial charge < -0.3 is 130 Å². The highest BCUT2D eigenvalue weighted by molar-refractivity contribution is 5.73. The highest BCUT2D eigenvalue weighted by Gasteiger charge is 2.56. The molecule has 0 saturated carbocycles. The fraction of sp³-hybridized carbons (Fsp3) is 0.941. The maximum Gasteiger partial charge on any atom is 0.217 e. The van der Waals surface area contributed by atoms with Gasteiger partial charge in [0.25, 0.3) is 0 Å². The minimum atomic E-state index is -2.13. The summed E-state index contributed by atoms with van der Waals surface area (Å²) in [4.78, 5) is 24.5. The highest BCUT2D eigenvalue weighted by Crippen LogP contribution is 2.34. The van der Waals surface area contributed by atoms with Gasteiger partial charge in [0.1, 0.15) is 122 Å². The van der Waals surface area contributed by atoms with Crippen molar-refractivity contribution in [2.24, 2.45) is 0 Å². The smallest absolute Gasteiger partial charge is 0.217 e. The Hall–Kier alpha value is -2.02. The van der Waals surface area contributed by atoms with Crippen molar-refractivity contribution in [3.63, 3.8) is 0 Å². The Morgan fingerprint density at radius 3 is 1.23 bits per heavy atom. The highest BCUT2D eigenvalue weighted by atomic mass is 16.8. The number of aliphatic hydroxyl groups is 15. The predicted molar refractivity (Wildman–Crippen MR) is 190 cm³/mol. The number of aliphatic hydroxyl groups excluding tert-OH is 15. The third-order valence-corrected chi connectivity index (χ3v) is 11.1. The molecule has 5 aliphatic rings. The lowest BCUT2D eigenvalue weighted by Crippen LogP contribution is -2.69. The first kappa shape index (κ1) is 51.0. The second kappa shape index (κ2) is 22.0. The molecule has 0 spiro atoms. The molecule has 62 heavy (non-hydrogen) atoms. The van der Waals surface area contributed by atoms with Gasteiger partial charge >= 0.3 is 0 Å². The molecule has 0 aromatic heterocycles. The van der Waals surface area contributed by atoms with Crippen LogP contribution in [0, 0.1) is 0 Å². The molecule has 0 aromatic carbocycles. The third kappa shape index (κ3) is 11.0. The van der Waals surface area contributed by atoms with Gasteiger partial charge in [-0.3, -0.25) is 9.59 Å². The minimum Gasteiger partial charge on any atom is -0.394 e. The van der Waals surface area contributed by atoms with Crippen LogP contribution in [0.1, 0.15) is 13.8 Å². The number of rotatable bonds is 15. The number of amides is 2. The largest absolute Gasteiger partial charge is 0.394 e. The molecule has 5 heterocycles. The maximum atomic E-state index is 12.3. The van der Waals surface area contributed by atoms with E-state index < -0.39 is 198 Å². The molecular formula is C34H58N2O26. The molecule has 0 bridgehead atoms. The average molecular weight is 911 g/mol. The van der Waals surface area contributed by atoms with E-state index in [9.17, 15) is 86.2 Å².